The largest absolute Gasteiger partial charge is 0.493 e. The Hall–Kier alpha value is -1.02. The van der Waals surface area contributed by atoms with Gasteiger partial charge in [-0.15, -0.1) is 0 Å². The van der Waals surface area contributed by atoms with E-state index in [0.717, 1.165) is 25.5 Å². The van der Waals surface area contributed by atoms with Gasteiger partial charge in [0.15, 0.2) is 0 Å². The van der Waals surface area contributed by atoms with Gasteiger partial charge < -0.3 is 10.1 Å². The first-order valence-corrected chi connectivity index (χ1v) is 7.85. The predicted molar refractivity (Wildman–Crippen MR) is 78.9 cm³/mol. The number of para-hydroxylation sites is 1. The van der Waals surface area contributed by atoms with Crippen LogP contribution in [0.2, 0.25) is 0 Å². The van der Waals surface area contributed by atoms with Gasteiger partial charge in [0, 0.05) is 6.42 Å². The molecule has 0 amide bonds. The van der Waals surface area contributed by atoms with E-state index in [-0.39, 0.29) is 0 Å². The van der Waals surface area contributed by atoms with Gasteiger partial charge in [0.1, 0.15) is 5.75 Å². The summed E-state index contributed by atoms with van der Waals surface area (Å²) in [5.41, 5.74) is 2.90. The van der Waals surface area contributed by atoms with Crippen LogP contribution in [0.4, 0.5) is 0 Å². The van der Waals surface area contributed by atoms with Gasteiger partial charge in [-0.1, -0.05) is 31.5 Å². The zero-order chi connectivity index (χ0) is 13.1. The third-order valence-corrected chi connectivity index (χ3v) is 4.64. The zero-order valence-electron chi connectivity index (χ0n) is 12.0. The van der Waals surface area contributed by atoms with Crippen LogP contribution in [-0.2, 0) is 6.42 Å². The molecule has 1 aliphatic heterocycles. The molecule has 104 valence electrons. The molecular weight excluding hydrogens is 234 g/mol. The van der Waals surface area contributed by atoms with Crippen LogP contribution < -0.4 is 10.1 Å². The van der Waals surface area contributed by atoms with Crippen molar-refractivity contribution in [3.05, 3.63) is 29.3 Å². The Bertz CT molecular complexity index is 429. The number of hydrogen-bond acceptors (Lipinski definition) is 2. The van der Waals surface area contributed by atoms with Gasteiger partial charge in [0.05, 0.1) is 6.61 Å². The number of benzene rings is 1. The highest BCUT2D eigenvalue weighted by molar-refractivity contribution is 5.46. The summed E-state index contributed by atoms with van der Waals surface area (Å²) in [6.45, 7) is 5.42. The quantitative estimate of drug-likeness (QED) is 0.817. The fourth-order valence-electron chi connectivity index (χ4n) is 3.69. The number of hydrogen-bond donors (Lipinski definition) is 1. The maximum absolute atomic E-state index is 5.90. The number of ether oxygens (including phenoxy) is 1. The maximum atomic E-state index is 5.90. The molecule has 2 nitrogen and oxygen atoms in total. The molecule has 0 saturated heterocycles. The highest BCUT2D eigenvalue weighted by Crippen LogP contribution is 2.45. The second-order valence-corrected chi connectivity index (χ2v) is 5.94. The molecule has 2 aliphatic rings. The molecule has 0 radical (unpaired) electrons. The molecule has 19 heavy (non-hydrogen) atoms. The summed E-state index contributed by atoms with van der Waals surface area (Å²) < 4.78 is 5.90. The van der Waals surface area contributed by atoms with Gasteiger partial charge in [0.25, 0.3) is 0 Å². The molecule has 1 aromatic rings. The highest BCUT2D eigenvalue weighted by atomic mass is 16.5. The molecule has 2 unspecified atom stereocenters. The fourth-order valence-corrected chi connectivity index (χ4v) is 3.69. The zero-order valence-corrected chi connectivity index (χ0v) is 12.0. The molecule has 1 saturated carbocycles. The van der Waals surface area contributed by atoms with Crippen LogP contribution in [0, 0.1) is 5.92 Å². The standard InChI is InChI=1S/C17H25NO/c1-2-10-18-12-14-6-4-7-15(14)16-8-3-5-13-9-11-19-17(13)16/h3,5,8,14-15,18H,2,4,6-7,9-12H2,1H3. The third-order valence-electron chi connectivity index (χ3n) is 4.64. The first-order chi connectivity index (χ1) is 9.40. The van der Waals surface area contributed by atoms with E-state index < -0.39 is 0 Å². The Morgan fingerprint density at radius 2 is 2.26 bits per heavy atom. The summed E-state index contributed by atoms with van der Waals surface area (Å²) in [7, 11) is 0. The van der Waals surface area contributed by atoms with Crippen molar-refractivity contribution >= 4 is 0 Å². The van der Waals surface area contributed by atoms with E-state index in [1.54, 1.807) is 0 Å². The van der Waals surface area contributed by atoms with Gasteiger partial charge in [0.2, 0.25) is 0 Å². The summed E-state index contributed by atoms with van der Waals surface area (Å²) in [5.74, 6) is 2.72. The Kier molecular flexibility index (Phi) is 4.07. The van der Waals surface area contributed by atoms with Crippen LogP contribution in [0.3, 0.4) is 0 Å². The van der Waals surface area contributed by atoms with Crippen molar-refractivity contribution in [2.75, 3.05) is 19.7 Å². The Balaban J connectivity index is 1.75. The average Bonchev–Trinajstić information content (AvgIpc) is 3.07. The summed E-state index contributed by atoms with van der Waals surface area (Å²) in [4.78, 5) is 0. The molecular formula is C17H25NO. The Morgan fingerprint density at radius 3 is 3.16 bits per heavy atom. The minimum atomic E-state index is 0.706. The molecule has 3 rings (SSSR count). The molecule has 1 fully saturated rings. The summed E-state index contributed by atoms with van der Waals surface area (Å²) >= 11 is 0. The van der Waals surface area contributed by atoms with Crippen molar-refractivity contribution in [1.82, 2.24) is 5.32 Å². The van der Waals surface area contributed by atoms with Crippen LogP contribution in [0.15, 0.2) is 18.2 Å². The Labute approximate surface area is 116 Å². The van der Waals surface area contributed by atoms with Crippen molar-refractivity contribution in [3.8, 4) is 5.75 Å². The van der Waals surface area contributed by atoms with Crippen molar-refractivity contribution in [3.63, 3.8) is 0 Å². The highest BCUT2D eigenvalue weighted by Gasteiger charge is 2.31. The summed E-state index contributed by atoms with van der Waals surface area (Å²) in [6.07, 6.45) is 6.38. The van der Waals surface area contributed by atoms with Crippen LogP contribution in [0.5, 0.6) is 5.75 Å². The maximum Gasteiger partial charge on any atom is 0.126 e. The van der Waals surface area contributed by atoms with Gasteiger partial charge in [-0.3, -0.25) is 0 Å². The molecule has 1 N–H and O–H groups in total. The van der Waals surface area contributed by atoms with Gasteiger partial charge in [-0.2, -0.15) is 0 Å². The topological polar surface area (TPSA) is 21.3 Å². The first-order valence-electron chi connectivity index (χ1n) is 7.85. The van der Waals surface area contributed by atoms with Crippen LogP contribution in [0.1, 0.15) is 49.7 Å². The number of rotatable bonds is 5. The van der Waals surface area contributed by atoms with Crippen LogP contribution >= 0.6 is 0 Å². The van der Waals surface area contributed by atoms with Crippen molar-refractivity contribution in [2.24, 2.45) is 5.92 Å². The molecule has 2 atom stereocenters. The smallest absolute Gasteiger partial charge is 0.126 e. The van der Waals surface area contributed by atoms with E-state index in [1.165, 1.54) is 49.1 Å². The van der Waals surface area contributed by atoms with Gasteiger partial charge in [-0.05, 0) is 55.3 Å². The second kappa shape index (κ2) is 5.96. The SMILES string of the molecule is CCCNCC1CCCC1c1cccc2c1OCC2. The molecule has 0 spiro atoms. The van der Waals surface area contributed by atoms with E-state index in [9.17, 15) is 0 Å². The van der Waals surface area contributed by atoms with Crippen LogP contribution in [0.25, 0.3) is 0 Å². The van der Waals surface area contributed by atoms with Crippen molar-refractivity contribution in [2.45, 2.75) is 44.9 Å². The normalized spacial score (nSPS) is 25.3. The number of fused-ring (bicyclic) bond motifs is 1. The van der Waals surface area contributed by atoms with E-state index in [0.29, 0.717) is 5.92 Å². The van der Waals surface area contributed by atoms with E-state index in [1.807, 2.05) is 0 Å². The molecule has 1 heterocycles. The van der Waals surface area contributed by atoms with Gasteiger partial charge >= 0.3 is 0 Å². The molecule has 1 aliphatic carbocycles. The molecule has 2 heteroatoms. The lowest BCUT2D eigenvalue weighted by molar-refractivity contribution is 0.345. The monoisotopic (exact) mass is 259 g/mol. The van der Waals surface area contributed by atoms with E-state index >= 15 is 0 Å². The molecule has 1 aromatic carbocycles. The van der Waals surface area contributed by atoms with E-state index in [4.69, 9.17) is 4.74 Å². The van der Waals surface area contributed by atoms with Crippen molar-refractivity contribution in [1.29, 1.82) is 0 Å². The van der Waals surface area contributed by atoms with Crippen molar-refractivity contribution < 1.29 is 4.74 Å². The predicted octanol–water partition coefficient (Wildman–Crippen LogP) is 3.50. The number of nitrogens with one attached hydrogen (secondary N) is 1. The molecule has 0 aromatic heterocycles. The minimum absolute atomic E-state index is 0.706. The fraction of sp³-hybridized carbons (Fsp3) is 0.647. The van der Waals surface area contributed by atoms with Crippen LogP contribution in [-0.4, -0.2) is 19.7 Å². The lowest BCUT2D eigenvalue weighted by Crippen LogP contribution is -2.25. The Morgan fingerprint density at radius 1 is 1.32 bits per heavy atom. The summed E-state index contributed by atoms with van der Waals surface area (Å²) in [6, 6.07) is 6.75. The van der Waals surface area contributed by atoms with Gasteiger partial charge in [-0.25, -0.2) is 0 Å². The lowest BCUT2D eigenvalue weighted by atomic mass is 9.87. The lowest BCUT2D eigenvalue weighted by Gasteiger charge is -2.22. The average molecular weight is 259 g/mol. The second-order valence-electron chi connectivity index (χ2n) is 5.94. The first kappa shape index (κ1) is 13.0. The van der Waals surface area contributed by atoms with E-state index in [2.05, 4.69) is 30.4 Å². The molecule has 0 bridgehead atoms. The third kappa shape index (κ3) is 2.64. The minimum Gasteiger partial charge on any atom is -0.493 e. The summed E-state index contributed by atoms with van der Waals surface area (Å²) in [5, 5.41) is 3.60.